The SMILES string of the molecule is [TeH]CCSCC1CS1. The van der Waals surface area contributed by atoms with E-state index in [1.807, 2.05) is 22.3 Å². The van der Waals surface area contributed by atoms with Gasteiger partial charge in [-0.15, -0.1) is 0 Å². The van der Waals surface area contributed by atoms with Crippen LogP contribution in [0, 0.1) is 0 Å². The molecule has 0 N–H and O–H groups in total. The fraction of sp³-hybridized carbons (Fsp3) is 1.00. The van der Waals surface area contributed by atoms with Crippen LogP contribution in [0.5, 0.6) is 0 Å². The first kappa shape index (κ1) is 7.59. The van der Waals surface area contributed by atoms with Crippen LogP contribution in [0.2, 0.25) is 4.47 Å². The monoisotopic (exact) mass is 264 g/mol. The minimum absolute atomic E-state index is 1.04. The molecule has 0 aromatic heterocycles. The van der Waals surface area contributed by atoms with E-state index in [0.717, 1.165) is 5.25 Å². The van der Waals surface area contributed by atoms with Crippen LogP contribution in [0.1, 0.15) is 0 Å². The predicted octanol–water partition coefficient (Wildman–Crippen LogP) is 1.15. The Bertz CT molecular complexity index is 63.4. The molecule has 1 saturated heterocycles. The van der Waals surface area contributed by atoms with Crippen LogP contribution in [0.25, 0.3) is 0 Å². The van der Waals surface area contributed by atoms with Crippen molar-refractivity contribution in [3.05, 3.63) is 0 Å². The van der Waals surface area contributed by atoms with Gasteiger partial charge in [0.25, 0.3) is 0 Å². The van der Waals surface area contributed by atoms with E-state index < -0.39 is 0 Å². The summed E-state index contributed by atoms with van der Waals surface area (Å²) in [6.45, 7) is 0. The average molecular weight is 262 g/mol. The summed E-state index contributed by atoms with van der Waals surface area (Å²) in [5.41, 5.74) is 0. The molecule has 0 aliphatic carbocycles. The van der Waals surface area contributed by atoms with E-state index in [4.69, 9.17) is 0 Å². The van der Waals surface area contributed by atoms with E-state index in [2.05, 4.69) is 23.5 Å². The third-order valence-electron chi connectivity index (χ3n) is 0.942. The fourth-order valence-electron chi connectivity index (χ4n) is 0.444. The Labute approximate surface area is 72.5 Å². The molecule has 1 rings (SSSR count). The van der Waals surface area contributed by atoms with Crippen molar-refractivity contribution in [3.63, 3.8) is 0 Å². The van der Waals surface area contributed by atoms with Gasteiger partial charge in [-0.2, -0.15) is 0 Å². The van der Waals surface area contributed by atoms with E-state index in [0.29, 0.717) is 0 Å². The molecule has 0 bridgehead atoms. The van der Waals surface area contributed by atoms with Gasteiger partial charge < -0.3 is 0 Å². The Morgan fingerprint density at radius 1 is 1.75 bits per heavy atom. The molecule has 8 heavy (non-hydrogen) atoms. The van der Waals surface area contributed by atoms with Crippen LogP contribution in [0.4, 0.5) is 0 Å². The molecule has 1 aliphatic rings. The van der Waals surface area contributed by atoms with Gasteiger partial charge in [-0.3, -0.25) is 0 Å². The summed E-state index contributed by atoms with van der Waals surface area (Å²) in [6.07, 6.45) is 0. The van der Waals surface area contributed by atoms with Gasteiger partial charge in [0.05, 0.1) is 0 Å². The standard InChI is InChI=1S/C5H10S2Te/c8-2-1-6-3-5-4-7-5/h5,8H,1-4H2. The Morgan fingerprint density at radius 3 is 3.00 bits per heavy atom. The van der Waals surface area contributed by atoms with Crippen molar-refractivity contribution in [2.75, 3.05) is 17.3 Å². The van der Waals surface area contributed by atoms with E-state index in [1.165, 1.54) is 21.7 Å². The van der Waals surface area contributed by atoms with Crippen molar-refractivity contribution < 1.29 is 0 Å². The van der Waals surface area contributed by atoms with E-state index in [1.54, 1.807) is 0 Å². The van der Waals surface area contributed by atoms with Gasteiger partial charge >= 0.3 is 72.8 Å². The molecular formula is C5H10S2Te. The average Bonchev–Trinajstić information content (AvgIpc) is 2.51. The number of hydrogen-bond acceptors (Lipinski definition) is 2. The first-order valence-electron chi connectivity index (χ1n) is 2.73. The predicted molar refractivity (Wildman–Crippen MR) is 45.5 cm³/mol. The van der Waals surface area contributed by atoms with Crippen LogP contribution >= 0.6 is 23.5 Å². The molecule has 1 heterocycles. The molecule has 0 aromatic carbocycles. The number of hydrogen-bond donors (Lipinski definition) is 0. The Hall–Kier alpha value is 1.49. The molecule has 1 unspecified atom stereocenters. The number of thioether (sulfide) groups is 2. The molecule has 1 atom stereocenters. The summed E-state index contributed by atoms with van der Waals surface area (Å²) in [4.78, 5) is 0. The zero-order chi connectivity index (χ0) is 5.82. The third-order valence-corrected chi connectivity index (χ3v) is 4.80. The normalized spacial score (nSPS) is 25.9. The van der Waals surface area contributed by atoms with Crippen molar-refractivity contribution in [1.82, 2.24) is 0 Å². The minimum atomic E-state index is 1.04. The molecule has 1 fully saturated rings. The Kier molecular flexibility index (Phi) is 4.11. The van der Waals surface area contributed by atoms with Gasteiger partial charge in [-0.25, -0.2) is 0 Å². The molecule has 0 aromatic rings. The quantitative estimate of drug-likeness (QED) is 0.423. The van der Waals surface area contributed by atoms with Gasteiger partial charge in [0, 0.05) is 0 Å². The molecule has 0 nitrogen and oxygen atoms in total. The topological polar surface area (TPSA) is 0 Å². The fourth-order valence-corrected chi connectivity index (χ4v) is 3.30. The summed E-state index contributed by atoms with van der Waals surface area (Å²) in [6, 6.07) is 0. The van der Waals surface area contributed by atoms with Crippen LogP contribution in [-0.2, 0) is 0 Å². The summed E-state index contributed by atoms with van der Waals surface area (Å²) in [7, 11) is 0. The van der Waals surface area contributed by atoms with E-state index >= 15 is 0 Å². The molecule has 0 radical (unpaired) electrons. The maximum atomic E-state index is 2.12. The van der Waals surface area contributed by atoms with Crippen LogP contribution < -0.4 is 0 Å². The van der Waals surface area contributed by atoms with Crippen molar-refractivity contribution >= 4 is 45.8 Å². The van der Waals surface area contributed by atoms with Gasteiger partial charge in [-0.05, 0) is 0 Å². The van der Waals surface area contributed by atoms with E-state index in [-0.39, 0.29) is 0 Å². The van der Waals surface area contributed by atoms with Crippen molar-refractivity contribution in [2.45, 2.75) is 9.72 Å². The van der Waals surface area contributed by atoms with Crippen molar-refractivity contribution in [2.24, 2.45) is 0 Å². The second-order valence-electron chi connectivity index (χ2n) is 1.75. The molecule has 0 amide bonds. The van der Waals surface area contributed by atoms with Gasteiger partial charge in [0.15, 0.2) is 0 Å². The molecule has 0 saturated carbocycles. The van der Waals surface area contributed by atoms with E-state index in [9.17, 15) is 0 Å². The second kappa shape index (κ2) is 4.33. The van der Waals surface area contributed by atoms with Crippen molar-refractivity contribution in [3.8, 4) is 0 Å². The van der Waals surface area contributed by atoms with Crippen LogP contribution in [0.3, 0.4) is 0 Å². The first-order chi connectivity index (χ1) is 3.93. The molecule has 48 valence electrons. The van der Waals surface area contributed by atoms with Gasteiger partial charge in [-0.1, -0.05) is 0 Å². The zero-order valence-electron chi connectivity index (χ0n) is 4.67. The summed E-state index contributed by atoms with van der Waals surface area (Å²) < 4.78 is 1.39. The molecule has 1 aliphatic heterocycles. The van der Waals surface area contributed by atoms with Crippen molar-refractivity contribution in [1.29, 1.82) is 0 Å². The Morgan fingerprint density at radius 2 is 2.50 bits per heavy atom. The maximum absolute atomic E-state index is 2.12. The van der Waals surface area contributed by atoms with Gasteiger partial charge in [0.2, 0.25) is 0 Å². The molecule has 3 heteroatoms. The second-order valence-corrected chi connectivity index (χ2v) is 5.51. The Balaban J connectivity index is 1.74. The van der Waals surface area contributed by atoms with Gasteiger partial charge in [0.1, 0.15) is 0 Å². The number of rotatable bonds is 4. The molecule has 0 spiro atoms. The third kappa shape index (κ3) is 3.50. The molecular weight excluding hydrogens is 252 g/mol. The summed E-state index contributed by atoms with van der Waals surface area (Å²) in [5.74, 6) is 4.22. The summed E-state index contributed by atoms with van der Waals surface area (Å²) >= 11 is 6.15. The first-order valence-corrected chi connectivity index (χ1v) is 6.74. The summed E-state index contributed by atoms with van der Waals surface area (Å²) in [5, 5.41) is 1.04. The zero-order valence-corrected chi connectivity index (χ0v) is 8.86. The van der Waals surface area contributed by atoms with Crippen LogP contribution in [-0.4, -0.2) is 44.8 Å². The van der Waals surface area contributed by atoms with Crippen LogP contribution in [0.15, 0.2) is 0 Å².